The summed E-state index contributed by atoms with van der Waals surface area (Å²) in [6, 6.07) is 3.58. The number of H-pyrrole nitrogens is 1. The Morgan fingerprint density at radius 2 is 1.86 bits per heavy atom. The van der Waals surface area contributed by atoms with E-state index >= 15 is 0 Å². The van der Waals surface area contributed by atoms with Gasteiger partial charge in [0.1, 0.15) is 6.54 Å². The zero-order chi connectivity index (χ0) is 16.3. The second kappa shape index (κ2) is 6.95. The van der Waals surface area contributed by atoms with E-state index in [9.17, 15) is 4.79 Å². The lowest BCUT2D eigenvalue weighted by Crippen LogP contribution is -3.10. The fourth-order valence-corrected chi connectivity index (χ4v) is 2.89. The summed E-state index contributed by atoms with van der Waals surface area (Å²) in [4.78, 5) is 17.4. The highest BCUT2D eigenvalue weighted by Gasteiger charge is 2.16. The van der Waals surface area contributed by atoms with Gasteiger partial charge in [-0.25, -0.2) is 0 Å². The highest BCUT2D eigenvalue weighted by Crippen LogP contribution is 2.22. The number of hydrogen-bond acceptors (Lipinski definition) is 1. The number of benzene rings is 1. The fraction of sp³-hybridized carbons (Fsp3) is 0.278. The van der Waals surface area contributed by atoms with Crippen LogP contribution in [-0.2, 0) is 6.54 Å². The Kier molecular flexibility index (Phi) is 5.22. The Hall–Kier alpha value is -1.84. The zero-order valence-corrected chi connectivity index (χ0v) is 13.9. The summed E-state index contributed by atoms with van der Waals surface area (Å²) in [5.41, 5.74) is 3.53. The normalized spacial score (nSPS) is 11.1. The molecular formula is C18H22ClN2O+. The highest BCUT2D eigenvalue weighted by atomic mass is 35.5. The van der Waals surface area contributed by atoms with Gasteiger partial charge in [-0.2, -0.15) is 0 Å². The minimum absolute atomic E-state index is 0.0802. The minimum atomic E-state index is 0.0802. The van der Waals surface area contributed by atoms with Crippen molar-refractivity contribution in [2.24, 2.45) is 0 Å². The molecule has 0 saturated carbocycles. The number of fused-ring (bicyclic) bond motifs is 1. The first-order valence-electron chi connectivity index (χ1n) is 7.35. The van der Waals surface area contributed by atoms with Gasteiger partial charge in [0.2, 0.25) is 0 Å². The smallest absolute Gasteiger partial charge is 0.198 e. The van der Waals surface area contributed by atoms with Gasteiger partial charge in [0.05, 0.1) is 24.2 Å². The molecule has 0 fully saturated rings. The quantitative estimate of drug-likeness (QED) is 0.789. The van der Waals surface area contributed by atoms with E-state index in [1.165, 1.54) is 4.90 Å². The average molecular weight is 318 g/mol. The van der Waals surface area contributed by atoms with Gasteiger partial charge in [-0.05, 0) is 43.7 Å². The van der Waals surface area contributed by atoms with Crippen LogP contribution in [0.3, 0.4) is 0 Å². The summed E-state index contributed by atoms with van der Waals surface area (Å²) < 4.78 is 0. The Bertz CT molecular complexity index is 767. The number of rotatable bonds is 6. The van der Waals surface area contributed by atoms with Crippen LogP contribution in [0, 0.1) is 13.8 Å². The number of quaternary nitrogens is 1. The first kappa shape index (κ1) is 16.5. The number of hydrogen-bond donors (Lipinski definition) is 2. The van der Waals surface area contributed by atoms with Gasteiger partial charge in [-0.15, -0.1) is 0 Å². The third kappa shape index (κ3) is 3.16. The molecule has 3 nitrogen and oxygen atoms in total. The molecule has 2 aromatic rings. The van der Waals surface area contributed by atoms with Crippen LogP contribution in [0.15, 0.2) is 42.2 Å². The number of nitrogens with one attached hydrogen (secondary N) is 2. The van der Waals surface area contributed by atoms with E-state index in [-0.39, 0.29) is 5.43 Å². The number of pyridine rings is 1. The zero-order valence-electron chi connectivity index (χ0n) is 13.1. The second-order valence-corrected chi connectivity index (χ2v) is 5.97. The lowest BCUT2D eigenvalue weighted by atomic mass is 10.1. The molecule has 0 aliphatic rings. The van der Waals surface area contributed by atoms with Crippen molar-refractivity contribution in [3.8, 4) is 0 Å². The molecule has 2 rings (SSSR count). The maximum absolute atomic E-state index is 12.8. The van der Waals surface area contributed by atoms with Crippen LogP contribution in [0.2, 0.25) is 5.02 Å². The van der Waals surface area contributed by atoms with Gasteiger partial charge in [0, 0.05) is 16.1 Å². The third-order valence-corrected chi connectivity index (χ3v) is 4.39. The van der Waals surface area contributed by atoms with Gasteiger partial charge >= 0.3 is 0 Å². The van der Waals surface area contributed by atoms with Crippen molar-refractivity contribution in [3.63, 3.8) is 0 Å². The van der Waals surface area contributed by atoms with Crippen LogP contribution in [0.5, 0.6) is 0 Å². The standard InChI is InChI=1S/C18H21ClN2O/c1-5-9-21(10-6-2)11-15-13(4)20-17-12(3)16(19)8-7-14(17)18(15)22/h5-8H,1-2,9-11H2,3-4H3,(H,20,22)/p+1. The van der Waals surface area contributed by atoms with Gasteiger partial charge in [0.15, 0.2) is 5.43 Å². The van der Waals surface area contributed by atoms with Crippen LogP contribution in [0.1, 0.15) is 16.8 Å². The van der Waals surface area contributed by atoms with Crippen molar-refractivity contribution in [3.05, 3.63) is 69.5 Å². The fourth-order valence-electron chi connectivity index (χ4n) is 2.73. The van der Waals surface area contributed by atoms with Crippen molar-refractivity contribution in [2.75, 3.05) is 13.1 Å². The highest BCUT2D eigenvalue weighted by molar-refractivity contribution is 6.32. The van der Waals surface area contributed by atoms with E-state index in [0.29, 0.717) is 17.0 Å². The molecule has 1 heterocycles. The predicted octanol–water partition coefficient (Wildman–Crippen LogP) is 2.56. The summed E-state index contributed by atoms with van der Waals surface area (Å²) in [5, 5.41) is 1.36. The van der Waals surface area contributed by atoms with E-state index in [1.807, 2.05) is 26.0 Å². The molecular weight excluding hydrogens is 296 g/mol. The molecule has 4 heteroatoms. The first-order chi connectivity index (χ1) is 10.5. The van der Waals surface area contributed by atoms with Gasteiger partial charge in [-0.1, -0.05) is 24.8 Å². The number of aryl methyl sites for hydroxylation is 2. The molecule has 22 heavy (non-hydrogen) atoms. The van der Waals surface area contributed by atoms with Crippen LogP contribution < -0.4 is 10.3 Å². The van der Waals surface area contributed by atoms with Crippen molar-refractivity contribution in [1.29, 1.82) is 0 Å². The Balaban J connectivity index is 2.55. The lowest BCUT2D eigenvalue weighted by molar-refractivity contribution is -0.902. The molecule has 0 aliphatic carbocycles. The molecule has 116 valence electrons. The molecule has 0 aliphatic heterocycles. The van der Waals surface area contributed by atoms with Crippen molar-refractivity contribution >= 4 is 22.5 Å². The van der Waals surface area contributed by atoms with E-state index in [4.69, 9.17) is 11.6 Å². The molecule has 1 aromatic heterocycles. The Labute approximate surface area is 135 Å². The second-order valence-electron chi connectivity index (χ2n) is 5.56. The van der Waals surface area contributed by atoms with Crippen molar-refractivity contribution < 1.29 is 4.90 Å². The van der Waals surface area contributed by atoms with Crippen LogP contribution >= 0.6 is 11.6 Å². The van der Waals surface area contributed by atoms with Crippen LogP contribution in [0.4, 0.5) is 0 Å². The van der Waals surface area contributed by atoms with Gasteiger partial charge in [0.25, 0.3) is 0 Å². The molecule has 0 saturated heterocycles. The monoisotopic (exact) mass is 317 g/mol. The summed E-state index contributed by atoms with van der Waals surface area (Å²) >= 11 is 6.15. The molecule has 2 N–H and O–H groups in total. The van der Waals surface area contributed by atoms with Crippen molar-refractivity contribution in [2.45, 2.75) is 20.4 Å². The minimum Gasteiger partial charge on any atom is -0.358 e. The van der Waals surface area contributed by atoms with Crippen LogP contribution in [-0.4, -0.2) is 18.1 Å². The van der Waals surface area contributed by atoms with E-state index in [1.54, 1.807) is 12.1 Å². The van der Waals surface area contributed by atoms with Crippen molar-refractivity contribution in [1.82, 2.24) is 4.98 Å². The van der Waals surface area contributed by atoms with Gasteiger partial charge in [-0.3, -0.25) is 4.79 Å². The van der Waals surface area contributed by atoms with E-state index in [0.717, 1.165) is 35.4 Å². The number of aromatic amines is 1. The lowest BCUT2D eigenvalue weighted by Gasteiger charge is -2.17. The largest absolute Gasteiger partial charge is 0.358 e. The van der Waals surface area contributed by atoms with E-state index < -0.39 is 0 Å². The number of aromatic nitrogens is 1. The Morgan fingerprint density at radius 3 is 2.45 bits per heavy atom. The third-order valence-electron chi connectivity index (χ3n) is 3.98. The molecule has 0 bridgehead atoms. The average Bonchev–Trinajstić information content (AvgIpc) is 2.48. The molecule has 0 radical (unpaired) electrons. The summed E-state index contributed by atoms with van der Waals surface area (Å²) in [7, 11) is 0. The molecule has 0 spiro atoms. The van der Waals surface area contributed by atoms with Gasteiger partial charge < -0.3 is 9.88 Å². The van der Waals surface area contributed by atoms with E-state index in [2.05, 4.69) is 18.1 Å². The summed E-state index contributed by atoms with van der Waals surface area (Å²) in [6.45, 7) is 13.7. The predicted molar refractivity (Wildman–Crippen MR) is 93.8 cm³/mol. The number of halogens is 1. The maximum Gasteiger partial charge on any atom is 0.198 e. The molecule has 0 unspecified atom stereocenters. The Morgan fingerprint density at radius 1 is 1.23 bits per heavy atom. The molecule has 1 aromatic carbocycles. The summed E-state index contributed by atoms with van der Waals surface area (Å²) in [6.07, 6.45) is 3.74. The summed E-state index contributed by atoms with van der Waals surface area (Å²) in [5.74, 6) is 0. The van der Waals surface area contributed by atoms with Crippen LogP contribution in [0.25, 0.3) is 10.9 Å². The molecule has 0 atom stereocenters. The topological polar surface area (TPSA) is 37.3 Å². The molecule has 0 amide bonds. The first-order valence-corrected chi connectivity index (χ1v) is 7.73. The SMILES string of the molecule is C=CC[NH+](CC=C)Cc1c(C)[nH]c2c(C)c(Cl)ccc2c1=O. The maximum atomic E-state index is 12.8.